The Kier molecular flexibility index (Phi) is 7.18. The summed E-state index contributed by atoms with van der Waals surface area (Å²) < 4.78 is 26.6. The van der Waals surface area contributed by atoms with Crippen LogP contribution < -0.4 is 10.0 Å². The SMILES string of the molecule is CC(C)NCCCCS(=O)(=O)Nc1ccc(C(C)C)cc1. The fourth-order valence-corrected chi connectivity index (χ4v) is 3.16. The smallest absolute Gasteiger partial charge is 0.232 e. The number of sulfonamides is 1. The summed E-state index contributed by atoms with van der Waals surface area (Å²) in [6, 6.07) is 8.03. The van der Waals surface area contributed by atoms with E-state index < -0.39 is 10.0 Å². The molecule has 0 radical (unpaired) electrons. The summed E-state index contributed by atoms with van der Waals surface area (Å²) in [4.78, 5) is 0. The van der Waals surface area contributed by atoms with E-state index in [2.05, 4.69) is 37.7 Å². The molecule has 0 unspecified atom stereocenters. The average Bonchev–Trinajstić information content (AvgIpc) is 2.38. The van der Waals surface area contributed by atoms with Gasteiger partial charge in [0.05, 0.1) is 5.75 Å². The van der Waals surface area contributed by atoms with E-state index in [0.717, 1.165) is 13.0 Å². The zero-order valence-corrected chi connectivity index (χ0v) is 14.3. The maximum atomic E-state index is 12.0. The Morgan fingerprint density at radius 3 is 2.14 bits per heavy atom. The molecule has 0 aliphatic rings. The first-order chi connectivity index (χ1) is 9.80. The van der Waals surface area contributed by atoms with Crippen LogP contribution in [0.15, 0.2) is 24.3 Å². The van der Waals surface area contributed by atoms with Gasteiger partial charge >= 0.3 is 0 Å². The second kappa shape index (κ2) is 8.39. The lowest BCUT2D eigenvalue weighted by molar-refractivity contribution is 0.561. The maximum absolute atomic E-state index is 12.0. The third-order valence-electron chi connectivity index (χ3n) is 3.24. The lowest BCUT2D eigenvalue weighted by atomic mass is 10.0. The molecule has 4 nitrogen and oxygen atoms in total. The second-order valence-corrected chi connectivity index (χ2v) is 7.86. The van der Waals surface area contributed by atoms with E-state index in [-0.39, 0.29) is 5.75 Å². The number of hydrogen-bond acceptors (Lipinski definition) is 3. The summed E-state index contributed by atoms with van der Waals surface area (Å²) in [7, 11) is -3.25. The van der Waals surface area contributed by atoms with Crippen LogP contribution >= 0.6 is 0 Å². The van der Waals surface area contributed by atoms with Gasteiger partial charge < -0.3 is 5.32 Å². The molecule has 0 saturated carbocycles. The van der Waals surface area contributed by atoms with Crippen molar-refractivity contribution < 1.29 is 8.42 Å². The number of anilines is 1. The lowest BCUT2D eigenvalue weighted by Crippen LogP contribution is -2.24. The van der Waals surface area contributed by atoms with Crippen LogP contribution in [0.1, 0.15) is 52.0 Å². The van der Waals surface area contributed by atoms with Gasteiger partial charge in [0.25, 0.3) is 0 Å². The molecule has 1 aromatic carbocycles. The van der Waals surface area contributed by atoms with Gasteiger partial charge in [-0.15, -0.1) is 0 Å². The number of hydrogen-bond donors (Lipinski definition) is 2. The molecule has 0 aromatic heterocycles. The van der Waals surface area contributed by atoms with Gasteiger partial charge in [0, 0.05) is 11.7 Å². The Morgan fingerprint density at radius 2 is 1.62 bits per heavy atom. The monoisotopic (exact) mass is 312 g/mol. The lowest BCUT2D eigenvalue weighted by Gasteiger charge is -2.11. The van der Waals surface area contributed by atoms with Crippen molar-refractivity contribution in [1.29, 1.82) is 0 Å². The molecule has 1 rings (SSSR count). The van der Waals surface area contributed by atoms with Gasteiger partial charge in [-0.05, 0) is 43.0 Å². The van der Waals surface area contributed by atoms with Crippen molar-refractivity contribution in [2.75, 3.05) is 17.0 Å². The van der Waals surface area contributed by atoms with Gasteiger partial charge in [0.2, 0.25) is 10.0 Å². The topological polar surface area (TPSA) is 58.2 Å². The van der Waals surface area contributed by atoms with Crippen molar-refractivity contribution in [2.45, 2.75) is 52.5 Å². The molecule has 0 amide bonds. The molecule has 0 fully saturated rings. The Balaban J connectivity index is 2.41. The van der Waals surface area contributed by atoms with Gasteiger partial charge in [-0.1, -0.05) is 39.8 Å². The van der Waals surface area contributed by atoms with Crippen molar-refractivity contribution >= 4 is 15.7 Å². The van der Waals surface area contributed by atoms with Crippen LogP contribution in [0.25, 0.3) is 0 Å². The third kappa shape index (κ3) is 7.48. The standard InChI is InChI=1S/C16H28N2O2S/c1-13(2)15-7-9-16(10-8-15)18-21(19,20)12-6-5-11-17-14(3)4/h7-10,13-14,17-18H,5-6,11-12H2,1-4H3. The summed E-state index contributed by atoms with van der Waals surface area (Å²) >= 11 is 0. The van der Waals surface area contributed by atoms with E-state index in [1.165, 1.54) is 5.56 Å². The Hall–Kier alpha value is -1.07. The highest BCUT2D eigenvalue weighted by Gasteiger charge is 2.10. The minimum atomic E-state index is -3.25. The minimum absolute atomic E-state index is 0.165. The number of rotatable bonds is 9. The van der Waals surface area contributed by atoms with E-state index in [0.29, 0.717) is 24.1 Å². The number of unbranched alkanes of at least 4 members (excludes halogenated alkanes) is 1. The molecular weight excluding hydrogens is 284 g/mol. The van der Waals surface area contributed by atoms with E-state index in [1.807, 2.05) is 24.3 Å². The highest BCUT2D eigenvalue weighted by atomic mass is 32.2. The summed E-state index contributed by atoms with van der Waals surface area (Å²) in [5.41, 5.74) is 1.84. The van der Waals surface area contributed by atoms with Gasteiger partial charge in [0.15, 0.2) is 0 Å². The molecule has 0 heterocycles. The first-order valence-corrected chi connectivity index (χ1v) is 9.29. The molecule has 0 saturated heterocycles. The quantitative estimate of drug-likeness (QED) is 0.688. The Bertz CT molecular complexity index is 508. The van der Waals surface area contributed by atoms with E-state index in [1.54, 1.807) is 0 Å². The van der Waals surface area contributed by atoms with Crippen LogP contribution in [-0.4, -0.2) is 26.8 Å². The van der Waals surface area contributed by atoms with Crippen molar-refractivity contribution in [3.63, 3.8) is 0 Å². The van der Waals surface area contributed by atoms with Crippen molar-refractivity contribution in [3.8, 4) is 0 Å². The molecule has 1 aromatic rings. The fraction of sp³-hybridized carbons (Fsp3) is 0.625. The molecule has 2 N–H and O–H groups in total. The minimum Gasteiger partial charge on any atom is -0.315 e. The van der Waals surface area contributed by atoms with Crippen molar-refractivity contribution in [1.82, 2.24) is 5.32 Å². The Morgan fingerprint density at radius 1 is 1.00 bits per heavy atom. The molecule has 21 heavy (non-hydrogen) atoms. The summed E-state index contributed by atoms with van der Waals surface area (Å²) in [5, 5.41) is 3.28. The van der Waals surface area contributed by atoms with Crippen LogP contribution in [0, 0.1) is 0 Å². The third-order valence-corrected chi connectivity index (χ3v) is 4.62. The highest BCUT2D eigenvalue weighted by molar-refractivity contribution is 7.92. The van der Waals surface area contributed by atoms with Crippen LogP contribution in [0.2, 0.25) is 0 Å². The van der Waals surface area contributed by atoms with Gasteiger partial charge in [0.1, 0.15) is 0 Å². The summed E-state index contributed by atoms with van der Waals surface area (Å²) in [5.74, 6) is 0.614. The predicted octanol–water partition coefficient (Wildman–Crippen LogP) is 3.33. The fourth-order valence-electron chi connectivity index (χ4n) is 1.97. The van der Waals surface area contributed by atoms with Crippen molar-refractivity contribution in [3.05, 3.63) is 29.8 Å². The normalized spacial score (nSPS) is 12.1. The molecule has 0 aliphatic heterocycles. The van der Waals surface area contributed by atoms with Gasteiger partial charge in [-0.2, -0.15) is 0 Å². The number of nitrogens with one attached hydrogen (secondary N) is 2. The predicted molar refractivity (Wildman–Crippen MR) is 90.3 cm³/mol. The van der Waals surface area contributed by atoms with E-state index >= 15 is 0 Å². The van der Waals surface area contributed by atoms with Crippen LogP contribution in [0.4, 0.5) is 5.69 Å². The Labute approximate surface area is 129 Å². The molecule has 5 heteroatoms. The molecular formula is C16H28N2O2S. The summed E-state index contributed by atoms with van der Waals surface area (Å²) in [6.07, 6.45) is 1.53. The van der Waals surface area contributed by atoms with E-state index in [4.69, 9.17) is 0 Å². The van der Waals surface area contributed by atoms with Crippen LogP contribution in [0.5, 0.6) is 0 Å². The molecule has 0 aliphatic carbocycles. The molecule has 120 valence electrons. The largest absolute Gasteiger partial charge is 0.315 e. The van der Waals surface area contributed by atoms with Crippen molar-refractivity contribution in [2.24, 2.45) is 0 Å². The first-order valence-electron chi connectivity index (χ1n) is 7.64. The molecule has 0 bridgehead atoms. The molecule has 0 atom stereocenters. The highest BCUT2D eigenvalue weighted by Crippen LogP contribution is 2.18. The van der Waals surface area contributed by atoms with Gasteiger partial charge in [-0.3, -0.25) is 4.72 Å². The van der Waals surface area contributed by atoms with E-state index in [9.17, 15) is 8.42 Å². The first kappa shape index (κ1) is 18.0. The zero-order chi connectivity index (χ0) is 15.9. The average molecular weight is 312 g/mol. The summed E-state index contributed by atoms with van der Waals surface area (Å²) in [6.45, 7) is 9.25. The van der Waals surface area contributed by atoms with Gasteiger partial charge in [-0.25, -0.2) is 8.42 Å². The number of benzene rings is 1. The van der Waals surface area contributed by atoms with Crippen LogP contribution in [0.3, 0.4) is 0 Å². The van der Waals surface area contributed by atoms with Crippen LogP contribution in [-0.2, 0) is 10.0 Å². The molecule has 0 spiro atoms. The zero-order valence-electron chi connectivity index (χ0n) is 13.5. The second-order valence-electron chi connectivity index (χ2n) is 6.01. The maximum Gasteiger partial charge on any atom is 0.232 e.